The molecule has 3 rings (SSSR count). The molecular formula is C14H12FN3O2S2. The number of aromatic nitrogens is 2. The van der Waals surface area contributed by atoms with Crippen LogP contribution in [0.5, 0.6) is 0 Å². The maximum absolute atomic E-state index is 13.3. The molecule has 0 amide bonds. The Kier molecular flexibility index (Phi) is 3.71. The largest absolute Gasteiger partial charge is 0.279 e. The Morgan fingerprint density at radius 2 is 2.14 bits per heavy atom. The van der Waals surface area contributed by atoms with E-state index in [-0.39, 0.29) is 10.8 Å². The highest BCUT2D eigenvalue weighted by Crippen LogP contribution is 2.23. The summed E-state index contributed by atoms with van der Waals surface area (Å²) in [6.45, 7) is 1.57. The minimum atomic E-state index is -3.82. The van der Waals surface area contributed by atoms with Crippen LogP contribution in [0.2, 0.25) is 0 Å². The second-order valence-electron chi connectivity index (χ2n) is 4.62. The van der Waals surface area contributed by atoms with Gasteiger partial charge in [0.05, 0.1) is 6.20 Å². The molecule has 1 aromatic carbocycles. The Bertz CT molecular complexity index is 902. The number of sulfonamides is 1. The van der Waals surface area contributed by atoms with Gasteiger partial charge >= 0.3 is 0 Å². The maximum atomic E-state index is 13.3. The summed E-state index contributed by atoms with van der Waals surface area (Å²) in [5.41, 5.74) is 0.671. The van der Waals surface area contributed by atoms with Crippen molar-refractivity contribution < 1.29 is 12.8 Å². The predicted molar refractivity (Wildman–Crippen MR) is 83.4 cm³/mol. The standard InChI is InChI=1S/C14H12FN3O2S2/c1-10-7-11(4-5-12(10)15)17-22(19,20)14-8-16-9-18(14)13-3-2-6-21-13/h2-9,17H,1H3. The monoisotopic (exact) mass is 337 g/mol. The van der Waals surface area contributed by atoms with Gasteiger partial charge < -0.3 is 0 Å². The Hall–Kier alpha value is -2.19. The van der Waals surface area contributed by atoms with Crippen LogP contribution in [0.25, 0.3) is 5.00 Å². The first-order valence-corrected chi connectivity index (χ1v) is 8.69. The van der Waals surface area contributed by atoms with Crippen molar-refractivity contribution in [2.24, 2.45) is 0 Å². The highest BCUT2D eigenvalue weighted by atomic mass is 32.2. The first-order chi connectivity index (χ1) is 10.5. The fraction of sp³-hybridized carbons (Fsp3) is 0.0714. The lowest BCUT2D eigenvalue weighted by Gasteiger charge is -2.10. The summed E-state index contributed by atoms with van der Waals surface area (Å²) in [7, 11) is -3.82. The fourth-order valence-electron chi connectivity index (χ4n) is 1.97. The second kappa shape index (κ2) is 5.54. The summed E-state index contributed by atoms with van der Waals surface area (Å²) >= 11 is 1.40. The zero-order valence-corrected chi connectivity index (χ0v) is 13.2. The lowest BCUT2D eigenvalue weighted by Crippen LogP contribution is -2.16. The normalized spacial score (nSPS) is 11.5. The van der Waals surface area contributed by atoms with Crippen LogP contribution >= 0.6 is 11.3 Å². The van der Waals surface area contributed by atoms with Crippen molar-refractivity contribution >= 4 is 27.0 Å². The van der Waals surface area contributed by atoms with E-state index in [1.165, 1.54) is 46.6 Å². The number of benzene rings is 1. The number of imidazole rings is 1. The Balaban J connectivity index is 1.97. The van der Waals surface area contributed by atoms with Gasteiger partial charge in [-0.25, -0.2) is 9.37 Å². The highest BCUT2D eigenvalue weighted by molar-refractivity contribution is 7.92. The molecule has 0 radical (unpaired) electrons. The zero-order valence-electron chi connectivity index (χ0n) is 11.5. The van der Waals surface area contributed by atoms with Gasteiger partial charge in [0, 0.05) is 5.69 Å². The van der Waals surface area contributed by atoms with Crippen molar-refractivity contribution in [1.29, 1.82) is 0 Å². The lowest BCUT2D eigenvalue weighted by molar-refractivity contribution is 0.595. The Labute approximate surface area is 131 Å². The summed E-state index contributed by atoms with van der Waals surface area (Å²) in [6.07, 6.45) is 2.72. The van der Waals surface area contributed by atoms with E-state index in [1.807, 2.05) is 11.4 Å². The lowest BCUT2D eigenvalue weighted by atomic mass is 10.2. The number of thiophene rings is 1. The van der Waals surface area contributed by atoms with Crippen LogP contribution in [0.1, 0.15) is 5.56 Å². The average molecular weight is 337 g/mol. The minimum absolute atomic E-state index is 0.0249. The van der Waals surface area contributed by atoms with Crippen LogP contribution in [-0.2, 0) is 10.0 Å². The van der Waals surface area contributed by atoms with E-state index in [0.29, 0.717) is 11.3 Å². The number of hydrogen-bond donors (Lipinski definition) is 1. The second-order valence-corrected chi connectivity index (χ2v) is 7.18. The van der Waals surface area contributed by atoms with Crippen molar-refractivity contribution in [3.05, 3.63) is 59.6 Å². The number of rotatable bonds is 4. The van der Waals surface area contributed by atoms with Gasteiger partial charge in [0.2, 0.25) is 0 Å². The molecule has 0 bridgehead atoms. The molecule has 0 aliphatic rings. The van der Waals surface area contributed by atoms with Gasteiger partial charge in [0.25, 0.3) is 10.0 Å². The van der Waals surface area contributed by atoms with Crippen LogP contribution in [0.3, 0.4) is 0 Å². The summed E-state index contributed by atoms with van der Waals surface area (Å²) in [6, 6.07) is 7.68. The van der Waals surface area contributed by atoms with Gasteiger partial charge in [0.15, 0.2) is 5.03 Å². The average Bonchev–Trinajstić information content (AvgIpc) is 3.12. The SMILES string of the molecule is Cc1cc(NS(=O)(=O)c2cncn2-c2cccs2)ccc1F. The first-order valence-electron chi connectivity index (χ1n) is 6.32. The molecule has 0 aliphatic carbocycles. The maximum Gasteiger partial charge on any atom is 0.279 e. The Morgan fingerprint density at radius 1 is 1.32 bits per heavy atom. The number of hydrogen-bond acceptors (Lipinski definition) is 4. The number of nitrogens with one attached hydrogen (secondary N) is 1. The van der Waals surface area contributed by atoms with E-state index in [2.05, 4.69) is 9.71 Å². The van der Waals surface area contributed by atoms with Crippen molar-refractivity contribution in [3.8, 4) is 5.00 Å². The fourth-order valence-corrected chi connectivity index (χ4v) is 3.89. The number of anilines is 1. The molecule has 0 saturated carbocycles. The molecule has 2 heterocycles. The molecule has 0 aliphatic heterocycles. The van der Waals surface area contributed by atoms with Crippen molar-refractivity contribution in [2.75, 3.05) is 4.72 Å². The van der Waals surface area contributed by atoms with Gasteiger partial charge in [-0.05, 0) is 48.2 Å². The van der Waals surface area contributed by atoms with E-state index in [1.54, 1.807) is 13.0 Å². The molecule has 0 saturated heterocycles. The molecule has 0 atom stereocenters. The Morgan fingerprint density at radius 3 is 2.82 bits per heavy atom. The summed E-state index contributed by atoms with van der Waals surface area (Å²) in [5.74, 6) is -0.383. The van der Waals surface area contributed by atoms with E-state index < -0.39 is 10.0 Å². The molecule has 0 fully saturated rings. The predicted octanol–water partition coefficient (Wildman–Crippen LogP) is 3.18. The van der Waals surface area contributed by atoms with Crippen LogP contribution in [0, 0.1) is 12.7 Å². The highest BCUT2D eigenvalue weighted by Gasteiger charge is 2.21. The van der Waals surface area contributed by atoms with Crippen LogP contribution < -0.4 is 4.72 Å². The third-order valence-electron chi connectivity index (χ3n) is 3.03. The molecular weight excluding hydrogens is 325 g/mol. The van der Waals surface area contributed by atoms with E-state index in [0.717, 1.165) is 5.00 Å². The number of nitrogens with zero attached hydrogens (tertiary/aromatic N) is 2. The zero-order chi connectivity index (χ0) is 15.7. The molecule has 1 N–H and O–H groups in total. The quantitative estimate of drug-likeness (QED) is 0.795. The van der Waals surface area contributed by atoms with Gasteiger partial charge in [-0.15, -0.1) is 11.3 Å². The molecule has 2 aromatic heterocycles. The molecule has 114 valence electrons. The van der Waals surface area contributed by atoms with Gasteiger partial charge in [-0.1, -0.05) is 0 Å². The van der Waals surface area contributed by atoms with Crippen LogP contribution in [0.15, 0.2) is 53.3 Å². The van der Waals surface area contributed by atoms with Crippen molar-refractivity contribution in [1.82, 2.24) is 9.55 Å². The van der Waals surface area contributed by atoms with Crippen LogP contribution in [-0.4, -0.2) is 18.0 Å². The molecule has 0 spiro atoms. The third-order valence-corrected chi connectivity index (χ3v) is 5.26. The number of aryl methyl sites for hydroxylation is 1. The summed E-state index contributed by atoms with van der Waals surface area (Å²) < 4.78 is 42.2. The van der Waals surface area contributed by atoms with E-state index in [9.17, 15) is 12.8 Å². The summed E-state index contributed by atoms with van der Waals surface area (Å²) in [4.78, 5) is 3.91. The van der Waals surface area contributed by atoms with Crippen molar-refractivity contribution in [2.45, 2.75) is 11.9 Å². The summed E-state index contributed by atoms with van der Waals surface area (Å²) in [5, 5.41) is 2.62. The van der Waals surface area contributed by atoms with Gasteiger partial charge in [-0.2, -0.15) is 8.42 Å². The molecule has 22 heavy (non-hydrogen) atoms. The van der Waals surface area contributed by atoms with E-state index >= 15 is 0 Å². The molecule has 8 heteroatoms. The topological polar surface area (TPSA) is 64.0 Å². The third kappa shape index (κ3) is 2.75. The van der Waals surface area contributed by atoms with Gasteiger partial charge in [0.1, 0.15) is 17.1 Å². The number of halogens is 1. The van der Waals surface area contributed by atoms with E-state index in [4.69, 9.17) is 0 Å². The molecule has 5 nitrogen and oxygen atoms in total. The first kappa shape index (κ1) is 14.7. The minimum Gasteiger partial charge on any atom is -0.279 e. The van der Waals surface area contributed by atoms with Crippen LogP contribution in [0.4, 0.5) is 10.1 Å². The smallest absolute Gasteiger partial charge is 0.279 e. The molecule has 0 unspecified atom stereocenters. The van der Waals surface area contributed by atoms with Gasteiger partial charge in [-0.3, -0.25) is 9.29 Å². The van der Waals surface area contributed by atoms with Crippen molar-refractivity contribution in [3.63, 3.8) is 0 Å². The molecule has 3 aromatic rings.